The van der Waals surface area contributed by atoms with Crippen LogP contribution in [0.1, 0.15) is 23.2 Å². The molecule has 1 amide bonds. The average molecular weight is 423 g/mol. The molecule has 0 atom stereocenters. The Morgan fingerprint density at radius 1 is 1.16 bits per heavy atom. The molecule has 0 bridgehead atoms. The Kier molecular flexibility index (Phi) is 7.30. The maximum Gasteiger partial charge on any atom is 0.342 e. The Morgan fingerprint density at radius 3 is 2.71 bits per heavy atom. The lowest BCUT2D eigenvalue weighted by atomic mass is 10.2. The fraction of sp³-hybridized carbons (Fsp3) is 0.190. The van der Waals surface area contributed by atoms with Crippen molar-refractivity contribution in [2.45, 2.75) is 19.4 Å². The number of carbonyl (C=O) groups is 1. The summed E-state index contributed by atoms with van der Waals surface area (Å²) >= 11 is 0. The molecule has 3 rings (SSSR count). The first-order chi connectivity index (χ1) is 15.0. The van der Waals surface area contributed by atoms with E-state index in [2.05, 4.69) is 20.7 Å². The Morgan fingerprint density at radius 2 is 1.97 bits per heavy atom. The lowest BCUT2D eigenvalue weighted by Crippen LogP contribution is -2.28. The zero-order valence-electron chi connectivity index (χ0n) is 16.8. The van der Waals surface area contributed by atoms with Crippen LogP contribution in [0, 0.1) is 0 Å². The zero-order chi connectivity index (χ0) is 22.1. The van der Waals surface area contributed by atoms with E-state index < -0.39 is 17.2 Å². The van der Waals surface area contributed by atoms with Gasteiger partial charge in [0.1, 0.15) is 12.3 Å². The number of methoxy groups -OCH3 is 1. The number of nitrogens with one attached hydrogen (secondary N) is 3. The number of nitrogens with zero attached hydrogens (tertiary/aromatic N) is 2. The summed E-state index contributed by atoms with van der Waals surface area (Å²) < 4.78 is 11.2. The van der Waals surface area contributed by atoms with Gasteiger partial charge in [-0.15, -0.1) is 0 Å². The third-order valence-electron chi connectivity index (χ3n) is 4.20. The quantitative estimate of drug-likeness (QED) is 0.348. The summed E-state index contributed by atoms with van der Waals surface area (Å²) in [5, 5.41) is 9.64. The monoisotopic (exact) mass is 423 g/mol. The standard InChI is InChI=1S/C21H21N5O5/c1-30-18-11-15(7-9-17(18)31-13-14-5-3-2-4-6-14)12-22-25-19(27)10-8-16-20(28)23-21(29)26-24-16/h2-7,9,11-12H,8,10,13H2,1H3,(H,25,27)(H2,23,26,28,29). The molecule has 10 nitrogen and oxygen atoms in total. The van der Waals surface area contributed by atoms with Crippen molar-refractivity contribution in [2.24, 2.45) is 5.10 Å². The summed E-state index contributed by atoms with van der Waals surface area (Å²) in [4.78, 5) is 36.4. The second-order valence-corrected chi connectivity index (χ2v) is 6.43. The molecular formula is C21H21N5O5. The third-order valence-corrected chi connectivity index (χ3v) is 4.20. The van der Waals surface area contributed by atoms with Gasteiger partial charge in [0.15, 0.2) is 11.5 Å². The van der Waals surface area contributed by atoms with Crippen LogP contribution in [0.15, 0.2) is 63.2 Å². The fourth-order valence-electron chi connectivity index (χ4n) is 2.63. The average Bonchev–Trinajstić information content (AvgIpc) is 2.78. The number of ether oxygens (including phenoxy) is 2. The van der Waals surface area contributed by atoms with Gasteiger partial charge < -0.3 is 9.47 Å². The maximum absolute atomic E-state index is 11.9. The topological polar surface area (TPSA) is 139 Å². The normalized spacial score (nSPS) is 10.7. The van der Waals surface area contributed by atoms with E-state index in [4.69, 9.17) is 9.47 Å². The highest BCUT2D eigenvalue weighted by Crippen LogP contribution is 2.28. The van der Waals surface area contributed by atoms with Gasteiger partial charge in [-0.05, 0) is 29.3 Å². The van der Waals surface area contributed by atoms with Crippen molar-refractivity contribution in [1.29, 1.82) is 0 Å². The first-order valence-corrected chi connectivity index (χ1v) is 9.39. The molecule has 0 saturated carbocycles. The van der Waals surface area contributed by atoms with Gasteiger partial charge in [0, 0.05) is 12.8 Å². The predicted molar refractivity (Wildman–Crippen MR) is 113 cm³/mol. The molecule has 0 saturated heterocycles. The van der Waals surface area contributed by atoms with E-state index in [-0.39, 0.29) is 18.5 Å². The first-order valence-electron chi connectivity index (χ1n) is 9.39. The molecule has 0 aliphatic heterocycles. The maximum atomic E-state index is 11.9. The number of aryl methyl sites for hydroxylation is 1. The molecule has 3 N–H and O–H groups in total. The summed E-state index contributed by atoms with van der Waals surface area (Å²) in [7, 11) is 1.54. The predicted octanol–water partition coefficient (Wildman–Crippen LogP) is 1.13. The largest absolute Gasteiger partial charge is 0.493 e. The molecule has 0 spiro atoms. The van der Waals surface area contributed by atoms with Crippen molar-refractivity contribution in [3.63, 3.8) is 0 Å². The number of aromatic amines is 2. The van der Waals surface area contributed by atoms with E-state index in [1.807, 2.05) is 35.3 Å². The van der Waals surface area contributed by atoms with Crippen LogP contribution in [0.2, 0.25) is 0 Å². The Labute approximate surface area is 176 Å². The summed E-state index contributed by atoms with van der Waals surface area (Å²) in [6.45, 7) is 0.410. The number of rotatable bonds is 9. The number of aromatic nitrogens is 3. The van der Waals surface area contributed by atoms with E-state index >= 15 is 0 Å². The molecule has 1 heterocycles. The number of hydrogen-bond acceptors (Lipinski definition) is 7. The number of hydrogen-bond donors (Lipinski definition) is 3. The molecule has 0 aliphatic carbocycles. The van der Waals surface area contributed by atoms with Crippen LogP contribution in [0.5, 0.6) is 11.5 Å². The molecule has 31 heavy (non-hydrogen) atoms. The van der Waals surface area contributed by atoms with Crippen LogP contribution in [-0.4, -0.2) is 34.4 Å². The van der Waals surface area contributed by atoms with Crippen molar-refractivity contribution in [3.8, 4) is 11.5 Å². The van der Waals surface area contributed by atoms with Crippen molar-refractivity contribution >= 4 is 12.1 Å². The number of benzene rings is 2. The van der Waals surface area contributed by atoms with Gasteiger partial charge in [-0.1, -0.05) is 30.3 Å². The van der Waals surface area contributed by atoms with Crippen LogP contribution in [0.4, 0.5) is 0 Å². The van der Waals surface area contributed by atoms with Crippen molar-refractivity contribution in [3.05, 3.63) is 86.2 Å². The zero-order valence-corrected chi connectivity index (χ0v) is 16.8. The van der Waals surface area contributed by atoms with Gasteiger partial charge in [-0.2, -0.15) is 10.2 Å². The Balaban J connectivity index is 1.53. The SMILES string of the molecule is COc1cc(C=NNC(=O)CCc2n[nH]c(=O)[nH]c2=O)ccc1OCc1ccccc1. The fourth-order valence-corrected chi connectivity index (χ4v) is 2.63. The van der Waals surface area contributed by atoms with E-state index in [1.165, 1.54) is 6.21 Å². The molecule has 1 aromatic heterocycles. The minimum Gasteiger partial charge on any atom is -0.493 e. The highest BCUT2D eigenvalue weighted by Gasteiger charge is 2.08. The van der Waals surface area contributed by atoms with Crippen molar-refractivity contribution in [2.75, 3.05) is 7.11 Å². The van der Waals surface area contributed by atoms with Gasteiger partial charge in [-0.25, -0.2) is 15.3 Å². The second-order valence-electron chi connectivity index (χ2n) is 6.43. The molecule has 0 fully saturated rings. The molecule has 160 valence electrons. The van der Waals surface area contributed by atoms with Gasteiger partial charge in [0.05, 0.1) is 13.3 Å². The molecule has 3 aromatic rings. The van der Waals surface area contributed by atoms with Gasteiger partial charge >= 0.3 is 5.69 Å². The highest BCUT2D eigenvalue weighted by molar-refractivity contribution is 5.83. The number of amides is 1. The summed E-state index contributed by atoms with van der Waals surface area (Å²) in [6.07, 6.45) is 1.51. The molecule has 0 unspecified atom stereocenters. The van der Waals surface area contributed by atoms with E-state index in [1.54, 1.807) is 25.3 Å². The van der Waals surface area contributed by atoms with Gasteiger partial charge in [0.25, 0.3) is 5.56 Å². The lowest BCUT2D eigenvalue weighted by molar-refractivity contribution is -0.121. The van der Waals surface area contributed by atoms with E-state index in [9.17, 15) is 14.4 Å². The first kappa shape index (κ1) is 21.5. The van der Waals surface area contributed by atoms with Crippen LogP contribution < -0.4 is 26.1 Å². The number of H-pyrrole nitrogens is 2. The second kappa shape index (κ2) is 10.5. The Bertz CT molecular complexity index is 1170. The van der Waals surface area contributed by atoms with Gasteiger partial charge in [-0.3, -0.25) is 14.6 Å². The van der Waals surface area contributed by atoms with E-state index in [0.717, 1.165) is 5.56 Å². The van der Waals surface area contributed by atoms with Crippen molar-refractivity contribution < 1.29 is 14.3 Å². The smallest absolute Gasteiger partial charge is 0.342 e. The van der Waals surface area contributed by atoms with Crippen molar-refractivity contribution in [1.82, 2.24) is 20.6 Å². The number of carbonyl (C=O) groups excluding carboxylic acids is 1. The molecular weight excluding hydrogens is 402 g/mol. The minimum atomic E-state index is -0.699. The van der Waals surface area contributed by atoms with Crippen LogP contribution in [-0.2, 0) is 17.8 Å². The highest BCUT2D eigenvalue weighted by atomic mass is 16.5. The third kappa shape index (κ3) is 6.39. The van der Waals surface area contributed by atoms with Crippen LogP contribution in [0.25, 0.3) is 0 Å². The lowest BCUT2D eigenvalue weighted by Gasteiger charge is -2.11. The Hall–Kier alpha value is -4.21. The molecule has 10 heteroatoms. The van der Waals surface area contributed by atoms with E-state index in [0.29, 0.717) is 23.7 Å². The summed E-state index contributed by atoms with van der Waals surface area (Å²) in [6, 6.07) is 15.1. The van der Waals surface area contributed by atoms with Crippen LogP contribution >= 0.6 is 0 Å². The molecule has 0 radical (unpaired) electrons. The molecule has 0 aliphatic rings. The van der Waals surface area contributed by atoms with Crippen LogP contribution in [0.3, 0.4) is 0 Å². The summed E-state index contributed by atoms with van der Waals surface area (Å²) in [5.74, 6) is 0.721. The molecule has 2 aromatic carbocycles. The number of hydrazone groups is 1. The minimum absolute atomic E-state index is 0.0188. The summed E-state index contributed by atoms with van der Waals surface area (Å²) in [5.41, 5.74) is 2.86. The van der Waals surface area contributed by atoms with Gasteiger partial charge in [0.2, 0.25) is 5.91 Å².